The van der Waals surface area contributed by atoms with Gasteiger partial charge in [-0.15, -0.1) is 0 Å². The fourth-order valence-corrected chi connectivity index (χ4v) is 7.04. The third kappa shape index (κ3) is 1.70. The second kappa shape index (κ2) is 4.34. The first kappa shape index (κ1) is 13.3. The molecular formula is C19H30O. The minimum absolute atomic E-state index is 0.501. The van der Waals surface area contributed by atoms with Crippen LogP contribution in [0, 0.1) is 34.5 Å². The Kier molecular flexibility index (Phi) is 2.89. The number of fused-ring (bicyclic) bond motifs is 5. The summed E-state index contributed by atoms with van der Waals surface area (Å²) in [5, 5.41) is 0. The Balaban J connectivity index is 1.64. The van der Waals surface area contributed by atoms with Crippen molar-refractivity contribution in [2.24, 2.45) is 34.5 Å². The fraction of sp³-hybridized carbons (Fsp3) is 0.947. The van der Waals surface area contributed by atoms with Crippen LogP contribution in [0.1, 0.15) is 78.1 Å². The van der Waals surface area contributed by atoms with Gasteiger partial charge >= 0.3 is 0 Å². The number of ketones is 1. The standard InChI is InChI=1S/C19H30O/c1-18-9-3-4-16(18)15-6-5-13-12-14(20)7-11-19(13,2)17(15)8-10-18/h13,15-17H,3-12H2,1-2H3/t13-,15-,16-,17-,18+,19+/m1/s1. The molecule has 1 nitrogen and oxygen atoms in total. The van der Waals surface area contributed by atoms with Crippen molar-refractivity contribution in [3.05, 3.63) is 0 Å². The topological polar surface area (TPSA) is 17.1 Å². The highest BCUT2D eigenvalue weighted by Crippen LogP contribution is 2.65. The molecule has 0 amide bonds. The number of Topliss-reactive ketones (excluding diaryl/α,β-unsaturated/α-hetero) is 1. The van der Waals surface area contributed by atoms with Crippen molar-refractivity contribution >= 4 is 5.78 Å². The molecule has 0 saturated heterocycles. The van der Waals surface area contributed by atoms with Crippen molar-refractivity contribution < 1.29 is 4.79 Å². The first-order valence-corrected chi connectivity index (χ1v) is 9.05. The van der Waals surface area contributed by atoms with Crippen LogP contribution >= 0.6 is 0 Å². The van der Waals surface area contributed by atoms with E-state index >= 15 is 0 Å². The second-order valence-corrected chi connectivity index (χ2v) is 8.98. The van der Waals surface area contributed by atoms with Crippen molar-refractivity contribution in [1.82, 2.24) is 0 Å². The Labute approximate surface area is 123 Å². The summed E-state index contributed by atoms with van der Waals surface area (Å²) in [6, 6.07) is 0. The molecule has 20 heavy (non-hydrogen) atoms. The van der Waals surface area contributed by atoms with Crippen molar-refractivity contribution in [2.45, 2.75) is 78.1 Å². The van der Waals surface area contributed by atoms with Crippen molar-refractivity contribution in [2.75, 3.05) is 0 Å². The summed E-state index contributed by atoms with van der Waals surface area (Å²) in [5.74, 6) is 4.20. The van der Waals surface area contributed by atoms with Gasteiger partial charge in [0.05, 0.1) is 0 Å². The van der Waals surface area contributed by atoms with Gasteiger partial charge in [-0.05, 0) is 79.4 Å². The van der Waals surface area contributed by atoms with Crippen LogP contribution in [0.25, 0.3) is 0 Å². The fourth-order valence-electron chi connectivity index (χ4n) is 7.04. The quantitative estimate of drug-likeness (QED) is 0.608. The van der Waals surface area contributed by atoms with E-state index < -0.39 is 0 Å². The molecule has 0 spiro atoms. The van der Waals surface area contributed by atoms with Crippen LogP contribution in [0.15, 0.2) is 0 Å². The lowest BCUT2D eigenvalue weighted by Crippen LogP contribution is -2.52. The highest BCUT2D eigenvalue weighted by molar-refractivity contribution is 5.79. The molecule has 0 bridgehead atoms. The molecule has 4 fully saturated rings. The zero-order valence-electron chi connectivity index (χ0n) is 13.3. The maximum atomic E-state index is 11.9. The average Bonchev–Trinajstić information content (AvgIpc) is 2.81. The Hall–Kier alpha value is -0.330. The molecule has 4 rings (SSSR count). The smallest absolute Gasteiger partial charge is 0.133 e. The van der Waals surface area contributed by atoms with Crippen LogP contribution in [0.5, 0.6) is 0 Å². The average molecular weight is 274 g/mol. The molecule has 0 aliphatic heterocycles. The first-order valence-electron chi connectivity index (χ1n) is 9.05. The minimum Gasteiger partial charge on any atom is -0.300 e. The summed E-state index contributed by atoms with van der Waals surface area (Å²) in [7, 11) is 0. The summed E-state index contributed by atoms with van der Waals surface area (Å²) < 4.78 is 0. The maximum Gasteiger partial charge on any atom is 0.133 e. The molecule has 1 heteroatoms. The molecule has 4 aliphatic carbocycles. The number of rotatable bonds is 0. The van der Waals surface area contributed by atoms with Gasteiger partial charge in [0.1, 0.15) is 5.78 Å². The Bertz CT molecular complexity index is 427. The van der Waals surface area contributed by atoms with Crippen LogP contribution < -0.4 is 0 Å². The van der Waals surface area contributed by atoms with E-state index in [1.54, 1.807) is 0 Å². The molecule has 0 aromatic carbocycles. The van der Waals surface area contributed by atoms with Gasteiger partial charge in [0.2, 0.25) is 0 Å². The molecule has 0 unspecified atom stereocenters. The van der Waals surface area contributed by atoms with Crippen LogP contribution in [-0.4, -0.2) is 5.78 Å². The zero-order chi connectivity index (χ0) is 14.0. The lowest BCUT2D eigenvalue weighted by Gasteiger charge is -2.59. The van der Waals surface area contributed by atoms with Gasteiger partial charge in [0.15, 0.2) is 0 Å². The third-order valence-electron chi connectivity index (χ3n) is 8.26. The molecule has 0 aromatic rings. The van der Waals surface area contributed by atoms with E-state index in [1.807, 2.05) is 0 Å². The van der Waals surface area contributed by atoms with Crippen LogP contribution in [0.2, 0.25) is 0 Å². The highest BCUT2D eigenvalue weighted by Gasteiger charge is 2.57. The highest BCUT2D eigenvalue weighted by atomic mass is 16.1. The Morgan fingerprint density at radius 2 is 1.80 bits per heavy atom. The largest absolute Gasteiger partial charge is 0.300 e. The van der Waals surface area contributed by atoms with Gasteiger partial charge in [0.25, 0.3) is 0 Å². The number of carbonyl (C=O) groups excluding carboxylic acids is 1. The predicted molar refractivity (Wildman–Crippen MR) is 81.4 cm³/mol. The summed E-state index contributed by atoms with van der Waals surface area (Å²) in [4.78, 5) is 11.9. The van der Waals surface area contributed by atoms with E-state index in [-0.39, 0.29) is 0 Å². The summed E-state index contributed by atoms with van der Waals surface area (Å²) in [5.41, 5.74) is 1.18. The molecule has 112 valence electrons. The van der Waals surface area contributed by atoms with Gasteiger partial charge in [-0.2, -0.15) is 0 Å². The van der Waals surface area contributed by atoms with Gasteiger partial charge in [0, 0.05) is 12.8 Å². The van der Waals surface area contributed by atoms with Gasteiger partial charge < -0.3 is 0 Å². The van der Waals surface area contributed by atoms with E-state index in [9.17, 15) is 4.79 Å². The summed E-state index contributed by atoms with van der Waals surface area (Å²) in [6.45, 7) is 5.14. The molecule has 0 aromatic heterocycles. The van der Waals surface area contributed by atoms with Crippen molar-refractivity contribution in [1.29, 1.82) is 0 Å². The molecule has 6 atom stereocenters. The van der Waals surface area contributed by atoms with Crippen LogP contribution in [0.4, 0.5) is 0 Å². The van der Waals surface area contributed by atoms with E-state index in [1.165, 1.54) is 51.4 Å². The minimum atomic E-state index is 0.501. The lowest BCUT2D eigenvalue weighted by molar-refractivity contribution is -0.137. The summed E-state index contributed by atoms with van der Waals surface area (Å²) in [6.07, 6.45) is 13.1. The monoisotopic (exact) mass is 274 g/mol. The van der Waals surface area contributed by atoms with E-state index in [0.29, 0.717) is 16.6 Å². The SMILES string of the molecule is C[C@@]12CCC[C@@H]1[C@H]1CC[C@@H]3CC(=O)CC[C@]3(C)[C@@H]1CC2. The normalized spacial score (nSPS) is 55.0. The van der Waals surface area contributed by atoms with E-state index in [2.05, 4.69) is 13.8 Å². The number of hydrogen-bond acceptors (Lipinski definition) is 1. The molecule has 0 radical (unpaired) electrons. The maximum absolute atomic E-state index is 11.9. The zero-order valence-corrected chi connectivity index (χ0v) is 13.3. The van der Waals surface area contributed by atoms with Gasteiger partial charge in [-0.25, -0.2) is 0 Å². The molecule has 4 aliphatic rings. The summed E-state index contributed by atoms with van der Waals surface area (Å²) >= 11 is 0. The lowest BCUT2D eigenvalue weighted by atomic mass is 9.45. The molecule has 0 N–H and O–H groups in total. The third-order valence-corrected chi connectivity index (χ3v) is 8.26. The molecule has 0 heterocycles. The number of carbonyl (C=O) groups is 1. The predicted octanol–water partition coefficient (Wildman–Crippen LogP) is 4.99. The van der Waals surface area contributed by atoms with Gasteiger partial charge in [-0.1, -0.05) is 20.3 Å². The molecule has 4 saturated carbocycles. The van der Waals surface area contributed by atoms with E-state index in [4.69, 9.17) is 0 Å². The van der Waals surface area contributed by atoms with Crippen molar-refractivity contribution in [3.8, 4) is 0 Å². The van der Waals surface area contributed by atoms with Crippen LogP contribution in [0.3, 0.4) is 0 Å². The van der Waals surface area contributed by atoms with Crippen molar-refractivity contribution in [3.63, 3.8) is 0 Å². The number of hydrogen-bond donors (Lipinski definition) is 0. The Morgan fingerprint density at radius 3 is 2.65 bits per heavy atom. The van der Waals surface area contributed by atoms with Crippen LogP contribution in [-0.2, 0) is 4.79 Å². The van der Waals surface area contributed by atoms with E-state index in [0.717, 1.165) is 36.5 Å². The first-order chi connectivity index (χ1) is 9.53. The molecular weight excluding hydrogens is 244 g/mol. The second-order valence-electron chi connectivity index (χ2n) is 8.98. The Morgan fingerprint density at radius 1 is 0.950 bits per heavy atom. The van der Waals surface area contributed by atoms with Gasteiger partial charge in [-0.3, -0.25) is 4.79 Å².